The lowest BCUT2D eigenvalue weighted by Gasteiger charge is -1.91. The summed E-state index contributed by atoms with van der Waals surface area (Å²) in [5, 5.41) is 1.40. The van der Waals surface area contributed by atoms with Gasteiger partial charge in [-0.1, -0.05) is 0 Å². The van der Waals surface area contributed by atoms with Crippen molar-refractivity contribution in [1.82, 2.24) is 0 Å². The molecule has 0 amide bonds. The average Bonchev–Trinajstić information content (AvgIpc) is 2.14. The van der Waals surface area contributed by atoms with Gasteiger partial charge in [0.25, 0.3) is 0 Å². The molecule has 54 valence electrons. The van der Waals surface area contributed by atoms with Gasteiger partial charge in [0, 0.05) is 17.8 Å². The summed E-state index contributed by atoms with van der Waals surface area (Å²) >= 11 is 0. The number of hydrogen-bond donors (Lipinski definition) is 0. The fourth-order valence-electron chi connectivity index (χ4n) is 0.906. The average molecular weight is 257 g/mol. The molecule has 1 atom stereocenters. The molecule has 0 fully saturated rings. The highest BCUT2D eigenvalue weighted by molar-refractivity contribution is 8.11. The van der Waals surface area contributed by atoms with Gasteiger partial charge in [0.1, 0.15) is 11.5 Å². The zero-order valence-electron chi connectivity index (χ0n) is 5.85. The molecule has 0 aliphatic carbocycles. The molecule has 0 saturated heterocycles. The van der Waals surface area contributed by atoms with Crippen molar-refractivity contribution in [3.8, 4) is 0 Å². The maximum absolute atomic E-state index is 4.32. The van der Waals surface area contributed by atoms with Crippen molar-refractivity contribution < 1.29 is 24.0 Å². The highest BCUT2D eigenvalue weighted by Crippen LogP contribution is 2.06. The molecule has 1 aliphatic heterocycles. The maximum Gasteiger partial charge on any atom is 0.215 e. The SMILES string of the molecule is CC[S+]1CCN=C1C.[I-]. The number of halogens is 1. The number of rotatable bonds is 1. The standard InChI is InChI=1S/C6H12NS.HI/c1-3-8-5-4-7-6(8)2;/h3-5H2,1-2H3;1H/q+1;/p-1. The number of aliphatic imine (C=N–C) groups is 1. The molecule has 1 heterocycles. The van der Waals surface area contributed by atoms with Crippen LogP contribution in [0, 0.1) is 0 Å². The van der Waals surface area contributed by atoms with Gasteiger partial charge in [-0.25, -0.2) is 4.99 Å². The molecule has 3 heteroatoms. The summed E-state index contributed by atoms with van der Waals surface area (Å²) < 4.78 is 0. The minimum absolute atomic E-state index is 0. The van der Waals surface area contributed by atoms with E-state index in [0.29, 0.717) is 10.9 Å². The highest BCUT2D eigenvalue weighted by Gasteiger charge is 2.24. The van der Waals surface area contributed by atoms with E-state index in [1.54, 1.807) is 0 Å². The van der Waals surface area contributed by atoms with Crippen molar-refractivity contribution in [2.75, 3.05) is 18.1 Å². The third-order valence-electron chi connectivity index (χ3n) is 1.44. The second kappa shape index (κ2) is 4.55. The molecule has 0 aromatic carbocycles. The summed E-state index contributed by atoms with van der Waals surface area (Å²) in [4.78, 5) is 4.32. The molecule has 0 saturated carbocycles. The normalized spacial score (nSPS) is 25.1. The van der Waals surface area contributed by atoms with E-state index in [-0.39, 0.29) is 24.0 Å². The van der Waals surface area contributed by atoms with Crippen LogP contribution in [0.25, 0.3) is 0 Å². The predicted octanol–water partition coefficient (Wildman–Crippen LogP) is -1.94. The van der Waals surface area contributed by atoms with Crippen molar-refractivity contribution in [3.05, 3.63) is 0 Å². The van der Waals surface area contributed by atoms with Gasteiger partial charge in [0.05, 0.1) is 6.54 Å². The first-order chi connectivity index (χ1) is 3.84. The van der Waals surface area contributed by atoms with Crippen LogP contribution in [0.5, 0.6) is 0 Å². The minimum Gasteiger partial charge on any atom is -1.00 e. The molecule has 0 aromatic heterocycles. The molecular weight excluding hydrogens is 245 g/mol. The van der Waals surface area contributed by atoms with Crippen LogP contribution in [0.2, 0.25) is 0 Å². The molecule has 0 spiro atoms. The Labute approximate surface area is 76.7 Å². The fourth-order valence-corrected chi connectivity index (χ4v) is 2.49. The van der Waals surface area contributed by atoms with Gasteiger partial charge in [-0.05, 0) is 6.92 Å². The van der Waals surface area contributed by atoms with Crippen LogP contribution in [0.15, 0.2) is 4.99 Å². The Balaban J connectivity index is 0.000000640. The lowest BCUT2D eigenvalue weighted by molar-refractivity contribution is -0.00000180. The van der Waals surface area contributed by atoms with Crippen molar-refractivity contribution in [2.45, 2.75) is 13.8 Å². The Morgan fingerprint density at radius 3 is 2.56 bits per heavy atom. The van der Waals surface area contributed by atoms with Gasteiger partial charge < -0.3 is 24.0 Å². The molecule has 0 radical (unpaired) electrons. The Hall–Kier alpha value is 0.750. The van der Waals surface area contributed by atoms with Gasteiger partial charge in [-0.15, -0.1) is 0 Å². The van der Waals surface area contributed by atoms with Crippen LogP contribution in [0.4, 0.5) is 0 Å². The predicted molar refractivity (Wildman–Crippen MR) is 40.7 cm³/mol. The lowest BCUT2D eigenvalue weighted by atomic mass is 10.8. The highest BCUT2D eigenvalue weighted by atomic mass is 127. The van der Waals surface area contributed by atoms with Crippen LogP contribution in [0.3, 0.4) is 0 Å². The zero-order chi connectivity index (χ0) is 5.98. The van der Waals surface area contributed by atoms with Gasteiger partial charge in [0.2, 0.25) is 5.04 Å². The van der Waals surface area contributed by atoms with E-state index in [2.05, 4.69) is 18.8 Å². The molecule has 1 aliphatic rings. The van der Waals surface area contributed by atoms with Crippen LogP contribution >= 0.6 is 0 Å². The fraction of sp³-hybridized carbons (Fsp3) is 0.833. The second-order valence-corrected chi connectivity index (χ2v) is 4.45. The minimum atomic E-state index is 0. The second-order valence-electron chi connectivity index (χ2n) is 1.89. The summed E-state index contributed by atoms with van der Waals surface area (Å²) in [6.07, 6.45) is 0. The Morgan fingerprint density at radius 1 is 1.67 bits per heavy atom. The maximum atomic E-state index is 4.32. The Bertz CT molecular complexity index is 114. The molecule has 1 nitrogen and oxygen atoms in total. The third kappa shape index (κ3) is 2.45. The van der Waals surface area contributed by atoms with E-state index in [4.69, 9.17) is 0 Å². The number of hydrogen-bond acceptors (Lipinski definition) is 1. The Morgan fingerprint density at radius 2 is 2.33 bits per heavy atom. The Kier molecular flexibility index (Phi) is 4.93. The van der Waals surface area contributed by atoms with E-state index in [0.717, 1.165) is 6.54 Å². The summed E-state index contributed by atoms with van der Waals surface area (Å²) in [6.45, 7) is 5.48. The summed E-state index contributed by atoms with van der Waals surface area (Å²) in [5.74, 6) is 2.62. The molecule has 0 N–H and O–H groups in total. The largest absolute Gasteiger partial charge is 1.00 e. The summed E-state index contributed by atoms with van der Waals surface area (Å²) in [6, 6.07) is 0. The molecule has 0 aromatic rings. The van der Waals surface area contributed by atoms with Crippen LogP contribution in [-0.2, 0) is 10.9 Å². The third-order valence-corrected chi connectivity index (χ3v) is 3.78. The van der Waals surface area contributed by atoms with Crippen LogP contribution < -0.4 is 24.0 Å². The quantitative estimate of drug-likeness (QED) is 0.383. The van der Waals surface area contributed by atoms with Crippen molar-refractivity contribution >= 4 is 15.9 Å². The first kappa shape index (κ1) is 9.75. The van der Waals surface area contributed by atoms with E-state index in [1.807, 2.05) is 0 Å². The van der Waals surface area contributed by atoms with Crippen LogP contribution in [-0.4, -0.2) is 23.1 Å². The van der Waals surface area contributed by atoms with Gasteiger partial charge >= 0.3 is 0 Å². The molecular formula is C6H12INS. The van der Waals surface area contributed by atoms with Crippen LogP contribution in [0.1, 0.15) is 13.8 Å². The molecule has 1 unspecified atom stereocenters. The smallest absolute Gasteiger partial charge is 0.215 e. The molecule has 1 rings (SSSR count). The van der Waals surface area contributed by atoms with E-state index >= 15 is 0 Å². The molecule has 0 bridgehead atoms. The van der Waals surface area contributed by atoms with Crippen molar-refractivity contribution in [2.24, 2.45) is 4.99 Å². The number of nitrogens with zero attached hydrogens (tertiary/aromatic N) is 1. The first-order valence-corrected chi connectivity index (χ1v) is 4.59. The monoisotopic (exact) mass is 257 g/mol. The topological polar surface area (TPSA) is 12.4 Å². The summed E-state index contributed by atoms with van der Waals surface area (Å²) in [7, 11) is 0.571. The van der Waals surface area contributed by atoms with Gasteiger partial charge in [0.15, 0.2) is 0 Å². The first-order valence-electron chi connectivity index (χ1n) is 3.03. The summed E-state index contributed by atoms with van der Waals surface area (Å²) in [5.41, 5.74) is 0. The lowest BCUT2D eigenvalue weighted by Crippen LogP contribution is -3.00. The van der Waals surface area contributed by atoms with Crippen molar-refractivity contribution in [1.29, 1.82) is 0 Å². The van der Waals surface area contributed by atoms with Gasteiger partial charge in [-0.3, -0.25) is 0 Å². The van der Waals surface area contributed by atoms with Crippen molar-refractivity contribution in [3.63, 3.8) is 0 Å². The zero-order valence-corrected chi connectivity index (χ0v) is 8.83. The molecule has 9 heavy (non-hydrogen) atoms. The van der Waals surface area contributed by atoms with E-state index in [9.17, 15) is 0 Å². The van der Waals surface area contributed by atoms with E-state index in [1.165, 1.54) is 16.5 Å². The van der Waals surface area contributed by atoms with E-state index < -0.39 is 0 Å². The van der Waals surface area contributed by atoms with Gasteiger partial charge in [-0.2, -0.15) is 0 Å².